The molecule has 0 N–H and O–H groups in total. The molecule has 0 saturated carbocycles. The molecular formula is C27H26O5. The summed E-state index contributed by atoms with van der Waals surface area (Å²) in [5, 5.41) is 4.35. The van der Waals surface area contributed by atoms with Gasteiger partial charge < -0.3 is 18.9 Å². The Morgan fingerprint density at radius 1 is 0.719 bits per heavy atom. The predicted molar refractivity (Wildman–Crippen MR) is 126 cm³/mol. The summed E-state index contributed by atoms with van der Waals surface area (Å²) < 4.78 is 22.1. The molecule has 0 aliphatic carbocycles. The Bertz CT molecular complexity index is 1230. The standard InChI is InChI=1S/C27H26O5/c1-29-18-32-24-16-14-20-9-4-6-11-22(20)27(24)26-21-10-5-3-8-19(21)13-15-23(26)31-17-7-12-25(28)30-2/h3-6,8-11,13-16H,7,12,17-18H2,1-2H3. The molecule has 0 amide bonds. The fourth-order valence-electron chi connectivity index (χ4n) is 3.88. The second-order valence-corrected chi connectivity index (χ2v) is 7.40. The third-order valence-electron chi connectivity index (χ3n) is 5.37. The molecule has 32 heavy (non-hydrogen) atoms. The molecule has 5 heteroatoms. The van der Waals surface area contributed by atoms with Crippen LogP contribution in [0.3, 0.4) is 0 Å². The predicted octanol–water partition coefficient (Wildman–Crippen LogP) is 5.97. The van der Waals surface area contributed by atoms with Gasteiger partial charge in [0.15, 0.2) is 6.79 Å². The van der Waals surface area contributed by atoms with Crippen LogP contribution in [-0.2, 0) is 14.3 Å². The molecular weight excluding hydrogens is 404 g/mol. The average Bonchev–Trinajstić information content (AvgIpc) is 2.84. The van der Waals surface area contributed by atoms with Gasteiger partial charge in [0.25, 0.3) is 0 Å². The van der Waals surface area contributed by atoms with E-state index in [4.69, 9.17) is 18.9 Å². The number of fused-ring (bicyclic) bond motifs is 2. The number of carbonyl (C=O) groups is 1. The number of rotatable bonds is 9. The largest absolute Gasteiger partial charge is 0.493 e. The highest BCUT2D eigenvalue weighted by molar-refractivity contribution is 6.09. The number of methoxy groups -OCH3 is 2. The molecule has 0 radical (unpaired) electrons. The van der Waals surface area contributed by atoms with Crippen molar-refractivity contribution in [2.24, 2.45) is 0 Å². The molecule has 0 fully saturated rings. The molecule has 0 heterocycles. The Balaban J connectivity index is 1.87. The minimum atomic E-state index is -0.239. The van der Waals surface area contributed by atoms with E-state index >= 15 is 0 Å². The van der Waals surface area contributed by atoms with Crippen LogP contribution in [0.2, 0.25) is 0 Å². The molecule has 164 valence electrons. The fraction of sp³-hybridized carbons (Fsp3) is 0.222. The summed E-state index contributed by atoms with van der Waals surface area (Å²) in [4.78, 5) is 11.5. The zero-order valence-corrected chi connectivity index (χ0v) is 18.3. The first-order chi connectivity index (χ1) is 15.7. The molecule has 0 atom stereocenters. The van der Waals surface area contributed by atoms with Crippen LogP contribution >= 0.6 is 0 Å². The highest BCUT2D eigenvalue weighted by Gasteiger charge is 2.19. The highest BCUT2D eigenvalue weighted by Crippen LogP contribution is 2.45. The lowest BCUT2D eigenvalue weighted by atomic mass is 9.92. The average molecular weight is 431 g/mol. The monoisotopic (exact) mass is 430 g/mol. The molecule has 4 rings (SSSR count). The number of hydrogen-bond donors (Lipinski definition) is 0. The molecule has 4 aromatic rings. The maximum atomic E-state index is 11.5. The topological polar surface area (TPSA) is 54.0 Å². The highest BCUT2D eigenvalue weighted by atomic mass is 16.7. The molecule has 0 aliphatic heterocycles. The van der Waals surface area contributed by atoms with Crippen molar-refractivity contribution in [2.45, 2.75) is 12.8 Å². The van der Waals surface area contributed by atoms with E-state index in [2.05, 4.69) is 30.3 Å². The Morgan fingerprint density at radius 3 is 1.84 bits per heavy atom. The van der Waals surface area contributed by atoms with Crippen molar-refractivity contribution in [1.82, 2.24) is 0 Å². The number of esters is 1. The first kappa shape index (κ1) is 21.7. The van der Waals surface area contributed by atoms with Crippen molar-refractivity contribution in [3.63, 3.8) is 0 Å². The van der Waals surface area contributed by atoms with Gasteiger partial charge in [-0.15, -0.1) is 0 Å². The Labute approximate surface area is 187 Å². The number of benzene rings is 4. The van der Waals surface area contributed by atoms with Crippen LogP contribution in [0.25, 0.3) is 32.7 Å². The van der Waals surface area contributed by atoms with Crippen LogP contribution in [0.5, 0.6) is 11.5 Å². The van der Waals surface area contributed by atoms with Crippen LogP contribution in [0.4, 0.5) is 0 Å². The molecule has 0 unspecified atom stereocenters. The molecule has 0 aromatic heterocycles. The zero-order chi connectivity index (χ0) is 22.3. The van der Waals surface area contributed by atoms with Gasteiger partial charge in [-0.2, -0.15) is 0 Å². The fourth-order valence-corrected chi connectivity index (χ4v) is 3.88. The van der Waals surface area contributed by atoms with Crippen molar-refractivity contribution >= 4 is 27.5 Å². The Kier molecular flexibility index (Phi) is 6.87. The molecule has 0 bridgehead atoms. The minimum absolute atomic E-state index is 0.144. The first-order valence-electron chi connectivity index (χ1n) is 10.6. The van der Waals surface area contributed by atoms with Gasteiger partial charge in [-0.05, 0) is 40.1 Å². The van der Waals surface area contributed by atoms with E-state index < -0.39 is 0 Å². The van der Waals surface area contributed by atoms with Crippen LogP contribution in [0.15, 0.2) is 72.8 Å². The third kappa shape index (κ3) is 4.53. The second kappa shape index (κ2) is 10.2. The smallest absolute Gasteiger partial charge is 0.305 e. The lowest BCUT2D eigenvalue weighted by Gasteiger charge is -2.19. The van der Waals surface area contributed by atoms with E-state index in [9.17, 15) is 4.79 Å². The van der Waals surface area contributed by atoms with E-state index in [0.29, 0.717) is 19.4 Å². The van der Waals surface area contributed by atoms with Crippen LogP contribution < -0.4 is 9.47 Å². The maximum absolute atomic E-state index is 11.5. The number of ether oxygens (including phenoxy) is 4. The Morgan fingerprint density at radius 2 is 1.28 bits per heavy atom. The second-order valence-electron chi connectivity index (χ2n) is 7.40. The van der Waals surface area contributed by atoms with Gasteiger partial charge in [-0.25, -0.2) is 0 Å². The van der Waals surface area contributed by atoms with Gasteiger partial charge in [-0.1, -0.05) is 60.7 Å². The number of hydrogen-bond acceptors (Lipinski definition) is 5. The summed E-state index contributed by atoms with van der Waals surface area (Å²) in [5.41, 5.74) is 1.92. The van der Waals surface area contributed by atoms with Crippen molar-refractivity contribution in [1.29, 1.82) is 0 Å². The van der Waals surface area contributed by atoms with Crippen molar-refractivity contribution in [3.05, 3.63) is 72.8 Å². The minimum Gasteiger partial charge on any atom is -0.493 e. The quantitative estimate of drug-likeness (QED) is 0.186. The molecule has 0 saturated heterocycles. The van der Waals surface area contributed by atoms with E-state index in [0.717, 1.165) is 44.2 Å². The lowest BCUT2D eigenvalue weighted by molar-refractivity contribution is -0.140. The van der Waals surface area contributed by atoms with Crippen molar-refractivity contribution in [3.8, 4) is 22.6 Å². The summed E-state index contributed by atoms with van der Waals surface area (Å²) in [6.07, 6.45) is 0.886. The summed E-state index contributed by atoms with van der Waals surface area (Å²) in [5.74, 6) is 1.23. The van der Waals surface area contributed by atoms with Crippen LogP contribution in [-0.4, -0.2) is 33.6 Å². The number of carbonyl (C=O) groups excluding carboxylic acids is 1. The van der Waals surface area contributed by atoms with Gasteiger partial charge in [0.05, 0.1) is 13.7 Å². The molecule has 0 spiro atoms. The molecule has 0 aliphatic rings. The van der Waals surface area contributed by atoms with E-state index in [-0.39, 0.29) is 12.8 Å². The van der Waals surface area contributed by atoms with Gasteiger partial charge in [0.2, 0.25) is 0 Å². The van der Waals surface area contributed by atoms with E-state index in [1.165, 1.54) is 7.11 Å². The van der Waals surface area contributed by atoms with E-state index in [1.807, 2.05) is 42.5 Å². The van der Waals surface area contributed by atoms with Gasteiger partial charge >= 0.3 is 5.97 Å². The summed E-state index contributed by atoms with van der Waals surface area (Å²) in [7, 11) is 3.00. The van der Waals surface area contributed by atoms with Crippen LogP contribution in [0.1, 0.15) is 12.8 Å². The normalized spacial score (nSPS) is 10.9. The van der Waals surface area contributed by atoms with Crippen molar-refractivity contribution < 1.29 is 23.7 Å². The van der Waals surface area contributed by atoms with Gasteiger partial charge in [0, 0.05) is 24.7 Å². The Hall–Kier alpha value is -3.57. The first-order valence-corrected chi connectivity index (χ1v) is 10.6. The lowest BCUT2D eigenvalue weighted by Crippen LogP contribution is -2.06. The summed E-state index contributed by atoms with van der Waals surface area (Å²) >= 11 is 0. The summed E-state index contributed by atoms with van der Waals surface area (Å²) in [6.45, 7) is 0.547. The SMILES string of the molecule is COCOc1ccc2ccccc2c1-c1c(OCCCC(=O)OC)ccc2ccccc12. The van der Waals surface area contributed by atoms with Gasteiger partial charge in [-0.3, -0.25) is 4.79 Å². The third-order valence-corrected chi connectivity index (χ3v) is 5.37. The zero-order valence-electron chi connectivity index (χ0n) is 18.3. The molecule has 4 aromatic carbocycles. The van der Waals surface area contributed by atoms with Crippen molar-refractivity contribution in [2.75, 3.05) is 27.6 Å². The maximum Gasteiger partial charge on any atom is 0.305 e. The summed E-state index contributed by atoms with van der Waals surface area (Å²) in [6, 6.07) is 24.5. The van der Waals surface area contributed by atoms with Gasteiger partial charge in [0.1, 0.15) is 11.5 Å². The molecule has 5 nitrogen and oxygen atoms in total. The van der Waals surface area contributed by atoms with Crippen LogP contribution in [0, 0.1) is 0 Å². The van der Waals surface area contributed by atoms with E-state index in [1.54, 1.807) is 7.11 Å².